The van der Waals surface area contributed by atoms with E-state index in [1.165, 1.54) is 9.75 Å². The molecule has 1 aliphatic rings. The smallest absolute Gasteiger partial charge is 0.191 e. The minimum atomic E-state index is 0.708. The lowest BCUT2D eigenvalue weighted by Crippen LogP contribution is -2.46. The first-order valence-corrected chi connectivity index (χ1v) is 10.4. The summed E-state index contributed by atoms with van der Waals surface area (Å²) in [7, 11) is 1.80. The van der Waals surface area contributed by atoms with Gasteiger partial charge < -0.3 is 20.4 Å². The van der Waals surface area contributed by atoms with Gasteiger partial charge in [-0.2, -0.15) is 0 Å². The van der Waals surface area contributed by atoms with Crippen LogP contribution >= 0.6 is 11.3 Å². The molecule has 0 bridgehead atoms. The van der Waals surface area contributed by atoms with Crippen molar-refractivity contribution < 1.29 is 0 Å². The number of nitrogens with zero attached hydrogens (tertiary/aromatic N) is 4. The summed E-state index contributed by atoms with van der Waals surface area (Å²) in [6.07, 6.45) is 1.96. The average molecular weight is 387 g/mol. The summed E-state index contributed by atoms with van der Waals surface area (Å²) in [5.74, 6) is 1.88. The maximum Gasteiger partial charge on any atom is 0.191 e. The highest BCUT2D eigenvalue weighted by atomic mass is 32.1. The van der Waals surface area contributed by atoms with Gasteiger partial charge in [-0.1, -0.05) is 13.0 Å². The highest BCUT2D eigenvalue weighted by molar-refractivity contribution is 7.11. The number of anilines is 1. The summed E-state index contributed by atoms with van der Waals surface area (Å²) >= 11 is 1.81. The standard InChI is InChI=1S/C20H30N6S/c1-4-25-9-11-26(12-10-25)19-8-6-17(13-22-19)14-23-20(21-3)24-15-18-7-5-16(2)27-18/h5-8,13H,4,9-12,14-15H2,1-3H3,(H2,21,23,24). The van der Waals surface area contributed by atoms with E-state index in [0.717, 1.165) is 56.6 Å². The van der Waals surface area contributed by atoms with Gasteiger partial charge in [0.1, 0.15) is 5.82 Å². The maximum absolute atomic E-state index is 4.66. The molecule has 0 unspecified atom stereocenters. The van der Waals surface area contributed by atoms with Gasteiger partial charge in [-0.15, -0.1) is 11.3 Å². The minimum Gasteiger partial charge on any atom is -0.354 e. The van der Waals surface area contributed by atoms with Crippen molar-refractivity contribution in [2.75, 3.05) is 44.7 Å². The molecule has 6 nitrogen and oxygen atoms in total. The summed E-state index contributed by atoms with van der Waals surface area (Å²) in [4.78, 5) is 16.4. The van der Waals surface area contributed by atoms with Gasteiger partial charge in [0, 0.05) is 55.7 Å². The molecule has 1 saturated heterocycles. The minimum absolute atomic E-state index is 0.708. The Labute approximate surface area is 166 Å². The number of hydrogen-bond donors (Lipinski definition) is 2. The fourth-order valence-electron chi connectivity index (χ4n) is 3.16. The zero-order valence-corrected chi connectivity index (χ0v) is 17.4. The van der Waals surface area contributed by atoms with E-state index in [1.807, 2.05) is 17.5 Å². The van der Waals surface area contributed by atoms with E-state index < -0.39 is 0 Å². The Balaban J connectivity index is 1.46. The number of aryl methyl sites for hydroxylation is 1. The SMILES string of the molecule is CCN1CCN(c2ccc(CNC(=NC)NCc3ccc(C)s3)cn2)CC1. The number of likely N-dealkylation sites (N-methyl/N-ethyl adjacent to an activating group) is 1. The fraction of sp³-hybridized carbons (Fsp3) is 0.500. The van der Waals surface area contributed by atoms with Crippen molar-refractivity contribution in [2.45, 2.75) is 26.9 Å². The Morgan fingerprint density at radius 2 is 1.89 bits per heavy atom. The lowest BCUT2D eigenvalue weighted by Gasteiger charge is -2.34. The molecule has 27 heavy (non-hydrogen) atoms. The molecular formula is C20H30N6S. The molecule has 2 aromatic rings. The zero-order chi connectivity index (χ0) is 19.1. The normalized spacial score (nSPS) is 15.8. The van der Waals surface area contributed by atoms with Crippen LogP contribution in [0.5, 0.6) is 0 Å². The first-order chi connectivity index (χ1) is 13.2. The molecule has 146 valence electrons. The summed E-state index contributed by atoms with van der Waals surface area (Å²) < 4.78 is 0. The maximum atomic E-state index is 4.66. The topological polar surface area (TPSA) is 55.8 Å². The van der Waals surface area contributed by atoms with Gasteiger partial charge >= 0.3 is 0 Å². The van der Waals surface area contributed by atoms with E-state index in [-0.39, 0.29) is 0 Å². The molecule has 0 saturated carbocycles. The van der Waals surface area contributed by atoms with Crippen molar-refractivity contribution >= 4 is 23.1 Å². The molecule has 1 fully saturated rings. The van der Waals surface area contributed by atoms with Crippen LogP contribution in [0.1, 0.15) is 22.2 Å². The molecular weight excluding hydrogens is 356 g/mol. The Morgan fingerprint density at radius 1 is 1.11 bits per heavy atom. The van der Waals surface area contributed by atoms with Crippen LogP contribution in [0.3, 0.4) is 0 Å². The van der Waals surface area contributed by atoms with Crippen molar-refractivity contribution in [3.63, 3.8) is 0 Å². The molecule has 2 aromatic heterocycles. The molecule has 0 aromatic carbocycles. The van der Waals surface area contributed by atoms with Gasteiger partial charge in [0.05, 0.1) is 6.54 Å². The van der Waals surface area contributed by atoms with Gasteiger partial charge in [-0.3, -0.25) is 4.99 Å². The van der Waals surface area contributed by atoms with Gasteiger partial charge in [0.25, 0.3) is 0 Å². The Morgan fingerprint density at radius 3 is 2.48 bits per heavy atom. The molecule has 0 amide bonds. The largest absolute Gasteiger partial charge is 0.354 e. The van der Waals surface area contributed by atoms with Gasteiger partial charge in [0.2, 0.25) is 0 Å². The quantitative estimate of drug-likeness (QED) is 0.590. The highest BCUT2D eigenvalue weighted by Crippen LogP contribution is 2.15. The predicted molar refractivity (Wildman–Crippen MR) is 115 cm³/mol. The molecule has 0 radical (unpaired) electrons. The molecule has 1 aliphatic heterocycles. The fourth-order valence-corrected chi connectivity index (χ4v) is 3.99. The van der Waals surface area contributed by atoms with E-state index in [4.69, 9.17) is 0 Å². The van der Waals surface area contributed by atoms with Crippen LogP contribution in [0.4, 0.5) is 5.82 Å². The first-order valence-electron chi connectivity index (χ1n) is 9.60. The first kappa shape index (κ1) is 19.6. The number of piperazine rings is 1. The Hall–Kier alpha value is -2.12. The Bertz CT molecular complexity index is 731. The third kappa shape index (κ3) is 5.68. The summed E-state index contributed by atoms with van der Waals surface area (Å²) in [6, 6.07) is 8.58. The molecule has 3 rings (SSSR count). The van der Waals surface area contributed by atoms with Gasteiger partial charge in [-0.05, 0) is 37.2 Å². The molecule has 0 spiro atoms. The van der Waals surface area contributed by atoms with Crippen LogP contribution in [-0.2, 0) is 13.1 Å². The second-order valence-corrected chi connectivity index (χ2v) is 8.11. The zero-order valence-electron chi connectivity index (χ0n) is 16.5. The third-order valence-corrected chi connectivity index (χ3v) is 5.86. The van der Waals surface area contributed by atoms with Crippen molar-refractivity contribution in [3.8, 4) is 0 Å². The highest BCUT2D eigenvalue weighted by Gasteiger charge is 2.16. The molecule has 2 N–H and O–H groups in total. The molecule has 3 heterocycles. The van der Waals surface area contributed by atoms with E-state index in [0.29, 0.717) is 6.54 Å². The number of aliphatic imine (C=N–C) groups is 1. The van der Waals surface area contributed by atoms with Crippen LogP contribution in [0.25, 0.3) is 0 Å². The van der Waals surface area contributed by atoms with E-state index >= 15 is 0 Å². The van der Waals surface area contributed by atoms with E-state index in [2.05, 4.69) is 68.5 Å². The Kier molecular flexibility index (Phi) is 7.06. The van der Waals surface area contributed by atoms with Crippen LogP contribution in [0.2, 0.25) is 0 Å². The lowest BCUT2D eigenvalue weighted by molar-refractivity contribution is 0.270. The summed E-state index contributed by atoms with van der Waals surface area (Å²) in [5.41, 5.74) is 1.15. The molecule has 0 aliphatic carbocycles. The second-order valence-electron chi connectivity index (χ2n) is 6.74. The predicted octanol–water partition coefficient (Wildman–Crippen LogP) is 2.46. The van der Waals surface area contributed by atoms with Gasteiger partial charge in [0.15, 0.2) is 5.96 Å². The lowest BCUT2D eigenvalue weighted by atomic mass is 10.2. The van der Waals surface area contributed by atoms with Crippen LogP contribution in [0.15, 0.2) is 35.5 Å². The number of nitrogens with one attached hydrogen (secondary N) is 2. The average Bonchev–Trinajstić information content (AvgIpc) is 3.14. The summed E-state index contributed by atoms with van der Waals surface area (Å²) in [6.45, 7) is 11.3. The second kappa shape index (κ2) is 9.71. The van der Waals surface area contributed by atoms with Crippen LogP contribution in [-0.4, -0.2) is 55.6 Å². The monoisotopic (exact) mass is 386 g/mol. The van der Waals surface area contributed by atoms with E-state index in [1.54, 1.807) is 7.05 Å². The number of aromatic nitrogens is 1. The number of thiophene rings is 1. The van der Waals surface area contributed by atoms with Crippen molar-refractivity contribution in [3.05, 3.63) is 45.8 Å². The van der Waals surface area contributed by atoms with Crippen LogP contribution < -0.4 is 15.5 Å². The molecule has 0 atom stereocenters. The van der Waals surface area contributed by atoms with E-state index in [9.17, 15) is 0 Å². The van der Waals surface area contributed by atoms with Gasteiger partial charge in [-0.25, -0.2) is 4.98 Å². The van der Waals surface area contributed by atoms with Crippen molar-refractivity contribution in [1.29, 1.82) is 0 Å². The van der Waals surface area contributed by atoms with Crippen molar-refractivity contribution in [1.82, 2.24) is 20.5 Å². The number of hydrogen-bond acceptors (Lipinski definition) is 5. The van der Waals surface area contributed by atoms with Crippen LogP contribution in [0, 0.1) is 6.92 Å². The third-order valence-electron chi connectivity index (χ3n) is 4.86. The summed E-state index contributed by atoms with van der Waals surface area (Å²) in [5, 5.41) is 6.72. The number of pyridine rings is 1. The molecule has 7 heteroatoms. The number of guanidine groups is 1. The van der Waals surface area contributed by atoms with Crippen molar-refractivity contribution in [2.24, 2.45) is 4.99 Å². The number of rotatable bonds is 6.